The standard InChI is InChI=1S/C11H9NO3S2/c1-7(13)15-10(14)6-16-11-12-8-4-2-3-5-9(8)17-11/h2-5H,6H2,1H3. The van der Waals surface area contributed by atoms with Gasteiger partial charge in [-0.05, 0) is 12.1 Å². The molecule has 0 amide bonds. The van der Waals surface area contributed by atoms with Crippen LogP contribution in [0.3, 0.4) is 0 Å². The van der Waals surface area contributed by atoms with Gasteiger partial charge < -0.3 is 4.74 Å². The second-order valence-electron chi connectivity index (χ2n) is 3.20. The molecule has 0 bridgehead atoms. The van der Waals surface area contributed by atoms with Crippen LogP contribution in [0.15, 0.2) is 28.6 Å². The molecule has 1 heterocycles. The predicted molar refractivity (Wildman–Crippen MR) is 67.1 cm³/mol. The number of thioether (sulfide) groups is 1. The van der Waals surface area contributed by atoms with Crippen molar-refractivity contribution >= 4 is 45.3 Å². The number of ether oxygens (including phenoxy) is 1. The fraction of sp³-hybridized carbons (Fsp3) is 0.182. The monoisotopic (exact) mass is 267 g/mol. The Balaban J connectivity index is 1.99. The van der Waals surface area contributed by atoms with Gasteiger partial charge in [-0.2, -0.15) is 0 Å². The minimum absolute atomic E-state index is 0.0966. The van der Waals surface area contributed by atoms with Crippen LogP contribution in [0.1, 0.15) is 6.92 Å². The van der Waals surface area contributed by atoms with E-state index in [4.69, 9.17) is 0 Å². The lowest BCUT2D eigenvalue weighted by atomic mass is 10.3. The van der Waals surface area contributed by atoms with Crippen molar-refractivity contribution in [1.29, 1.82) is 0 Å². The molecule has 2 rings (SSSR count). The molecule has 2 aromatic rings. The van der Waals surface area contributed by atoms with Gasteiger partial charge in [0.2, 0.25) is 0 Å². The molecule has 0 N–H and O–H groups in total. The Labute approximate surface area is 106 Å². The van der Waals surface area contributed by atoms with E-state index in [9.17, 15) is 9.59 Å². The number of hydrogen-bond acceptors (Lipinski definition) is 6. The van der Waals surface area contributed by atoms with E-state index in [2.05, 4.69) is 9.72 Å². The minimum Gasteiger partial charge on any atom is -0.393 e. The van der Waals surface area contributed by atoms with Gasteiger partial charge in [0.25, 0.3) is 0 Å². The highest BCUT2D eigenvalue weighted by Gasteiger charge is 2.09. The maximum atomic E-state index is 11.2. The molecule has 88 valence electrons. The second kappa shape index (κ2) is 5.29. The highest BCUT2D eigenvalue weighted by molar-refractivity contribution is 8.01. The summed E-state index contributed by atoms with van der Waals surface area (Å²) < 4.78 is 6.30. The number of benzene rings is 1. The van der Waals surface area contributed by atoms with Gasteiger partial charge in [-0.1, -0.05) is 23.9 Å². The van der Waals surface area contributed by atoms with Crippen molar-refractivity contribution in [2.24, 2.45) is 0 Å². The molecule has 0 radical (unpaired) electrons. The van der Waals surface area contributed by atoms with Crippen LogP contribution in [0, 0.1) is 0 Å². The van der Waals surface area contributed by atoms with Gasteiger partial charge in [0, 0.05) is 6.92 Å². The Bertz CT molecular complexity index is 532. The van der Waals surface area contributed by atoms with Crippen LogP contribution in [0.2, 0.25) is 0 Å². The summed E-state index contributed by atoms with van der Waals surface area (Å²) in [5.74, 6) is -1.03. The van der Waals surface area contributed by atoms with E-state index in [1.807, 2.05) is 24.3 Å². The predicted octanol–water partition coefficient (Wildman–Crippen LogP) is 2.48. The SMILES string of the molecule is CC(=O)OC(=O)CSc1nc2ccccc2s1. The van der Waals surface area contributed by atoms with Crippen LogP contribution in [-0.4, -0.2) is 22.7 Å². The van der Waals surface area contributed by atoms with Crippen LogP contribution >= 0.6 is 23.1 Å². The minimum atomic E-state index is -0.583. The summed E-state index contributed by atoms with van der Waals surface area (Å²) in [4.78, 5) is 26.0. The molecule has 0 saturated heterocycles. The first-order valence-corrected chi connectivity index (χ1v) is 6.65. The third-order valence-corrected chi connectivity index (χ3v) is 4.00. The van der Waals surface area contributed by atoms with Crippen LogP contribution in [0.4, 0.5) is 0 Å². The number of carbonyl (C=O) groups is 2. The molecule has 0 aliphatic carbocycles. The average molecular weight is 267 g/mol. The van der Waals surface area contributed by atoms with Gasteiger partial charge in [-0.15, -0.1) is 11.3 Å². The highest BCUT2D eigenvalue weighted by atomic mass is 32.2. The number of para-hydroxylation sites is 1. The molecule has 17 heavy (non-hydrogen) atoms. The van der Waals surface area contributed by atoms with Gasteiger partial charge in [0.15, 0.2) is 4.34 Å². The van der Waals surface area contributed by atoms with E-state index in [0.717, 1.165) is 14.6 Å². The first kappa shape index (κ1) is 12.1. The van der Waals surface area contributed by atoms with E-state index >= 15 is 0 Å². The van der Waals surface area contributed by atoms with Crippen LogP contribution in [-0.2, 0) is 14.3 Å². The maximum absolute atomic E-state index is 11.2. The largest absolute Gasteiger partial charge is 0.393 e. The zero-order valence-electron chi connectivity index (χ0n) is 9.00. The van der Waals surface area contributed by atoms with Crippen LogP contribution in [0.5, 0.6) is 0 Å². The smallest absolute Gasteiger partial charge is 0.323 e. The van der Waals surface area contributed by atoms with Crippen LogP contribution in [0.25, 0.3) is 10.2 Å². The third kappa shape index (κ3) is 3.28. The fourth-order valence-electron chi connectivity index (χ4n) is 1.22. The Morgan fingerprint density at radius 3 is 2.88 bits per heavy atom. The van der Waals surface area contributed by atoms with Gasteiger partial charge >= 0.3 is 11.9 Å². The molecule has 1 aromatic heterocycles. The molecular weight excluding hydrogens is 258 g/mol. The molecular formula is C11H9NO3S2. The molecule has 0 fully saturated rings. The number of aromatic nitrogens is 1. The van der Waals surface area contributed by atoms with Gasteiger partial charge in [0.1, 0.15) is 0 Å². The lowest BCUT2D eigenvalue weighted by Gasteiger charge is -1.96. The average Bonchev–Trinajstić information content (AvgIpc) is 2.68. The third-order valence-electron chi connectivity index (χ3n) is 1.85. The number of nitrogens with zero attached hydrogens (tertiary/aromatic N) is 1. The molecule has 0 aliphatic rings. The molecule has 0 atom stereocenters. The van der Waals surface area contributed by atoms with E-state index in [-0.39, 0.29) is 5.75 Å². The maximum Gasteiger partial charge on any atom is 0.323 e. The first-order valence-electron chi connectivity index (χ1n) is 4.85. The molecule has 1 aromatic carbocycles. The summed E-state index contributed by atoms with van der Waals surface area (Å²) in [6.07, 6.45) is 0. The van der Waals surface area contributed by atoms with Crippen molar-refractivity contribution < 1.29 is 14.3 Å². The summed E-state index contributed by atoms with van der Waals surface area (Å²) in [5, 5.41) is 0. The summed E-state index contributed by atoms with van der Waals surface area (Å²) >= 11 is 2.79. The molecule has 0 aliphatic heterocycles. The Hall–Kier alpha value is -1.40. The van der Waals surface area contributed by atoms with Gasteiger partial charge in [-0.25, -0.2) is 4.98 Å². The van der Waals surface area contributed by atoms with Crippen molar-refractivity contribution in [3.8, 4) is 0 Å². The number of hydrogen-bond donors (Lipinski definition) is 0. The Morgan fingerprint density at radius 2 is 2.18 bits per heavy atom. The second-order valence-corrected chi connectivity index (χ2v) is 5.45. The van der Waals surface area contributed by atoms with E-state index in [1.165, 1.54) is 30.0 Å². The first-order chi connectivity index (χ1) is 8.15. The summed E-state index contributed by atoms with van der Waals surface area (Å²) in [6, 6.07) is 7.76. The number of thiazole rings is 1. The fourth-order valence-corrected chi connectivity index (χ4v) is 3.07. The molecule has 4 nitrogen and oxygen atoms in total. The van der Waals surface area contributed by atoms with E-state index in [0.29, 0.717) is 0 Å². The lowest BCUT2D eigenvalue weighted by Crippen LogP contribution is -2.10. The lowest BCUT2D eigenvalue weighted by molar-refractivity contribution is -0.155. The number of rotatable bonds is 3. The quantitative estimate of drug-likeness (QED) is 0.486. The zero-order chi connectivity index (χ0) is 12.3. The molecule has 6 heteroatoms. The van der Waals surface area contributed by atoms with Crippen molar-refractivity contribution in [2.75, 3.05) is 5.75 Å². The Morgan fingerprint density at radius 1 is 1.41 bits per heavy atom. The van der Waals surface area contributed by atoms with Crippen molar-refractivity contribution in [3.63, 3.8) is 0 Å². The number of esters is 2. The van der Waals surface area contributed by atoms with Gasteiger partial charge in [0.05, 0.1) is 16.0 Å². The number of fused-ring (bicyclic) bond motifs is 1. The van der Waals surface area contributed by atoms with Crippen LogP contribution < -0.4 is 0 Å². The molecule has 0 spiro atoms. The Kier molecular flexibility index (Phi) is 3.75. The number of carbonyl (C=O) groups excluding carboxylic acids is 2. The topological polar surface area (TPSA) is 56.3 Å². The van der Waals surface area contributed by atoms with E-state index < -0.39 is 11.9 Å². The normalized spacial score (nSPS) is 10.4. The summed E-state index contributed by atoms with van der Waals surface area (Å²) in [5.41, 5.74) is 0.917. The molecule has 0 unspecified atom stereocenters. The van der Waals surface area contributed by atoms with Crippen molar-refractivity contribution in [1.82, 2.24) is 4.98 Å². The van der Waals surface area contributed by atoms with Crippen molar-refractivity contribution in [2.45, 2.75) is 11.3 Å². The van der Waals surface area contributed by atoms with Crippen molar-refractivity contribution in [3.05, 3.63) is 24.3 Å². The van der Waals surface area contributed by atoms with Gasteiger partial charge in [-0.3, -0.25) is 9.59 Å². The molecule has 0 saturated carbocycles. The highest BCUT2D eigenvalue weighted by Crippen LogP contribution is 2.29. The van der Waals surface area contributed by atoms with E-state index in [1.54, 1.807) is 0 Å². The summed E-state index contributed by atoms with van der Waals surface area (Å²) in [7, 11) is 0. The zero-order valence-corrected chi connectivity index (χ0v) is 10.6. The summed E-state index contributed by atoms with van der Waals surface area (Å²) in [6.45, 7) is 1.21.